The van der Waals surface area contributed by atoms with Gasteiger partial charge in [-0.15, -0.1) is 0 Å². The molecule has 0 bridgehead atoms. The molecule has 160 valence electrons. The summed E-state index contributed by atoms with van der Waals surface area (Å²) in [5.74, 6) is 1.22. The van der Waals surface area contributed by atoms with Crippen molar-refractivity contribution >= 4 is 21.6 Å². The molecule has 4 rings (SSSR count). The molecule has 2 aromatic rings. The van der Waals surface area contributed by atoms with Gasteiger partial charge in [0.2, 0.25) is 15.9 Å². The molecule has 2 aliphatic rings. The molecular weight excluding hydrogens is 404 g/mol. The number of nitrogens with one attached hydrogen (secondary N) is 1. The van der Waals surface area contributed by atoms with Crippen LogP contribution in [0, 0.1) is 0 Å². The number of fused-ring (bicyclic) bond motifs is 1. The highest BCUT2D eigenvalue weighted by Gasteiger charge is 2.26. The van der Waals surface area contributed by atoms with Crippen LogP contribution >= 0.6 is 0 Å². The van der Waals surface area contributed by atoms with Gasteiger partial charge >= 0.3 is 0 Å². The average molecular weight is 431 g/mol. The highest BCUT2D eigenvalue weighted by molar-refractivity contribution is 7.89. The number of ether oxygens (including phenoxy) is 2. The van der Waals surface area contributed by atoms with Crippen molar-refractivity contribution in [2.24, 2.45) is 0 Å². The van der Waals surface area contributed by atoms with Crippen molar-refractivity contribution in [3.05, 3.63) is 48.0 Å². The van der Waals surface area contributed by atoms with E-state index in [2.05, 4.69) is 5.32 Å². The predicted molar refractivity (Wildman–Crippen MR) is 113 cm³/mol. The molecule has 0 aromatic heterocycles. The van der Waals surface area contributed by atoms with Crippen molar-refractivity contribution in [3.8, 4) is 11.5 Å². The minimum atomic E-state index is -3.41. The van der Waals surface area contributed by atoms with Crippen molar-refractivity contribution < 1.29 is 22.7 Å². The Morgan fingerprint density at radius 2 is 1.63 bits per heavy atom. The van der Waals surface area contributed by atoms with E-state index >= 15 is 0 Å². The SMILES string of the molecule is O=C(CCc1ccc(S(=O)(=O)N2CCCC2)cc1)Nc1ccc2c(c1)OCCCO2. The number of sulfonamides is 1. The smallest absolute Gasteiger partial charge is 0.243 e. The Labute approximate surface area is 177 Å². The first kappa shape index (κ1) is 20.7. The number of benzene rings is 2. The Balaban J connectivity index is 1.32. The molecule has 30 heavy (non-hydrogen) atoms. The van der Waals surface area contributed by atoms with Crippen LogP contribution in [0.25, 0.3) is 0 Å². The molecule has 1 amide bonds. The van der Waals surface area contributed by atoms with Crippen LogP contribution in [0.1, 0.15) is 31.2 Å². The quantitative estimate of drug-likeness (QED) is 0.761. The van der Waals surface area contributed by atoms with E-state index in [1.54, 1.807) is 42.5 Å². The van der Waals surface area contributed by atoms with Gasteiger partial charge in [-0.1, -0.05) is 12.1 Å². The van der Waals surface area contributed by atoms with Crippen molar-refractivity contribution in [2.75, 3.05) is 31.6 Å². The predicted octanol–water partition coefficient (Wildman–Crippen LogP) is 3.20. The summed E-state index contributed by atoms with van der Waals surface area (Å²) in [6.07, 6.45) is 3.48. The zero-order valence-corrected chi connectivity index (χ0v) is 17.6. The normalized spacial score (nSPS) is 16.8. The lowest BCUT2D eigenvalue weighted by Crippen LogP contribution is -2.27. The second-order valence-electron chi connectivity index (χ2n) is 7.52. The van der Waals surface area contributed by atoms with Crippen molar-refractivity contribution in [1.29, 1.82) is 0 Å². The van der Waals surface area contributed by atoms with Crippen LogP contribution in [-0.2, 0) is 21.2 Å². The van der Waals surface area contributed by atoms with E-state index in [0.29, 0.717) is 61.2 Å². The van der Waals surface area contributed by atoms with Gasteiger partial charge in [0.25, 0.3) is 0 Å². The molecule has 0 unspecified atom stereocenters. The zero-order valence-electron chi connectivity index (χ0n) is 16.8. The Kier molecular flexibility index (Phi) is 6.24. The highest BCUT2D eigenvalue weighted by Crippen LogP contribution is 2.32. The fourth-order valence-electron chi connectivity index (χ4n) is 3.63. The topological polar surface area (TPSA) is 84.9 Å². The Bertz CT molecular complexity index is 999. The standard InChI is InChI=1S/C22H26N2O5S/c25-22(23-18-7-10-20-21(16-18)29-15-3-14-28-20)11-6-17-4-8-19(9-5-17)30(26,27)24-12-1-2-13-24/h4-5,7-10,16H,1-3,6,11-15H2,(H,23,25). The molecule has 7 nitrogen and oxygen atoms in total. The van der Waals surface area contributed by atoms with E-state index in [1.165, 1.54) is 4.31 Å². The van der Waals surface area contributed by atoms with Crippen molar-refractivity contribution in [1.82, 2.24) is 4.31 Å². The first-order valence-electron chi connectivity index (χ1n) is 10.3. The minimum absolute atomic E-state index is 0.113. The molecule has 1 fully saturated rings. The summed E-state index contributed by atoms with van der Waals surface area (Å²) in [6.45, 7) is 2.39. The molecule has 0 radical (unpaired) electrons. The Morgan fingerprint density at radius 1 is 0.933 bits per heavy atom. The van der Waals surface area contributed by atoms with Gasteiger partial charge in [0.15, 0.2) is 11.5 Å². The summed E-state index contributed by atoms with van der Waals surface area (Å²) in [6, 6.07) is 12.2. The molecule has 2 aromatic carbocycles. The fourth-order valence-corrected chi connectivity index (χ4v) is 5.15. The summed E-state index contributed by atoms with van der Waals surface area (Å²) in [5.41, 5.74) is 1.58. The van der Waals surface area contributed by atoms with Crippen LogP contribution in [0.5, 0.6) is 11.5 Å². The van der Waals surface area contributed by atoms with E-state index in [4.69, 9.17) is 9.47 Å². The fraction of sp³-hybridized carbons (Fsp3) is 0.409. The van der Waals surface area contributed by atoms with E-state index in [-0.39, 0.29) is 5.91 Å². The van der Waals surface area contributed by atoms with Gasteiger partial charge in [0.05, 0.1) is 18.1 Å². The minimum Gasteiger partial charge on any atom is -0.490 e. The number of hydrogen-bond donors (Lipinski definition) is 1. The lowest BCUT2D eigenvalue weighted by Gasteiger charge is -2.15. The maximum absolute atomic E-state index is 12.6. The number of nitrogens with zero attached hydrogens (tertiary/aromatic N) is 1. The lowest BCUT2D eigenvalue weighted by atomic mass is 10.1. The molecule has 8 heteroatoms. The van der Waals surface area contributed by atoms with Crippen LogP contribution in [-0.4, -0.2) is 44.9 Å². The van der Waals surface area contributed by atoms with E-state index in [9.17, 15) is 13.2 Å². The first-order valence-corrected chi connectivity index (χ1v) is 11.7. The van der Waals surface area contributed by atoms with Gasteiger partial charge in [-0.2, -0.15) is 4.31 Å². The maximum Gasteiger partial charge on any atom is 0.243 e. The second kappa shape index (κ2) is 9.06. The number of anilines is 1. The monoisotopic (exact) mass is 430 g/mol. The molecule has 0 atom stereocenters. The lowest BCUT2D eigenvalue weighted by molar-refractivity contribution is -0.116. The van der Waals surface area contributed by atoms with Gasteiger partial charge in [0.1, 0.15) is 0 Å². The highest BCUT2D eigenvalue weighted by atomic mass is 32.2. The number of rotatable bonds is 6. The van der Waals surface area contributed by atoms with Crippen molar-refractivity contribution in [2.45, 2.75) is 37.0 Å². The van der Waals surface area contributed by atoms with Crippen LogP contribution in [0.2, 0.25) is 0 Å². The molecule has 1 saturated heterocycles. The molecule has 0 aliphatic carbocycles. The summed E-state index contributed by atoms with van der Waals surface area (Å²) in [4.78, 5) is 12.6. The van der Waals surface area contributed by atoms with E-state index in [1.807, 2.05) is 0 Å². The molecule has 0 saturated carbocycles. The van der Waals surface area contributed by atoms with Gasteiger partial charge in [-0.05, 0) is 49.1 Å². The average Bonchev–Trinajstić information content (AvgIpc) is 3.20. The van der Waals surface area contributed by atoms with Gasteiger partial charge in [-0.3, -0.25) is 4.79 Å². The van der Waals surface area contributed by atoms with Gasteiger partial charge < -0.3 is 14.8 Å². The third-order valence-corrected chi connectivity index (χ3v) is 7.21. The Hall–Kier alpha value is -2.58. The van der Waals surface area contributed by atoms with Gasteiger partial charge in [-0.25, -0.2) is 8.42 Å². The van der Waals surface area contributed by atoms with Gasteiger partial charge in [0, 0.05) is 37.7 Å². The third-order valence-electron chi connectivity index (χ3n) is 5.30. The summed E-state index contributed by atoms with van der Waals surface area (Å²) >= 11 is 0. The molecule has 0 spiro atoms. The van der Waals surface area contributed by atoms with Crippen LogP contribution in [0.15, 0.2) is 47.4 Å². The molecule has 2 heterocycles. The summed E-state index contributed by atoms with van der Waals surface area (Å²) < 4.78 is 37.9. The maximum atomic E-state index is 12.6. The summed E-state index contributed by atoms with van der Waals surface area (Å²) in [7, 11) is -3.41. The molecule has 2 aliphatic heterocycles. The number of aryl methyl sites for hydroxylation is 1. The number of carbonyl (C=O) groups is 1. The van der Waals surface area contributed by atoms with E-state index in [0.717, 1.165) is 24.8 Å². The van der Waals surface area contributed by atoms with Crippen molar-refractivity contribution in [3.63, 3.8) is 0 Å². The number of amides is 1. The largest absolute Gasteiger partial charge is 0.490 e. The van der Waals surface area contributed by atoms with Crippen LogP contribution in [0.3, 0.4) is 0 Å². The van der Waals surface area contributed by atoms with E-state index < -0.39 is 10.0 Å². The number of hydrogen-bond acceptors (Lipinski definition) is 5. The second-order valence-corrected chi connectivity index (χ2v) is 9.45. The summed E-state index contributed by atoms with van der Waals surface area (Å²) in [5, 5.41) is 2.88. The molecular formula is C22H26N2O5S. The third kappa shape index (κ3) is 4.76. The van der Waals surface area contributed by atoms with Crippen LogP contribution in [0.4, 0.5) is 5.69 Å². The Morgan fingerprint density at radius 3 is 2.37 bits per heavy atom. The zero-order chi connectivity index (χ0) is 21.0. The first-order chi connectivity index (χ1) is 14.5. The molecule has 1 N–H and O–H groups in total. The van der Waals surface area contributed by atoms with Crippen LogP contribution < -0.4 is 14.8 Å². The number of carbonyl (C=O) groups excluding carboxylic acids is 1.